The molecule has 0 amide bonds. The fourth-order valence-electron chi connectivity index (χ4n) is 1.64. The molecule has 1 unspecified atom stereocenters. The van der Waals surface area contributed by atoms with Crippen LogP contribution in [0.1, 0.15) is 42.8 Å². The molecule has 2 nitrogen and oxygen atoms in total. The Morgan fingerprint density at radius 1 is 1.64 bits per heavy atom. The molecule has 78 valence electrons. The average Bonchev–Trinajstić information content (AvgIpc) is 2.49. The number of rotatable bonds is 4. The molecule has 1 aliphatic carbocycles. The van der Waals surface area contributed by atoms with Gasteiger partial charge in [0.1, 0.15) is 0 Å². The van der Waals surface area contributed by atoms with Gasteiger partial charge in [0.25, 0.3) is 0 Å². The molecule has 1 saturated carbocycles. The Morgan fingerprint density at radius 3 is 2.93 bits per heavy atom. The number of aryl methyl sites for hydroxylation is 1. The van der Waals surface area contributed by atoms with Crippen LogP contribution in [-0.2, 0) is 0 Å². The fraction of sp³-hybridized carbons (Fsp3) is 0.727. The van der Waals surface area contributed by atoms with E-state index in [9.17, 15) is 0 Å². The Labute approximate surface area is 89.8 Å². The fourth-order valence-corrected chi connectivity index (χ4v) is 2.50. The Bertz CT molecular complexity index is 291. The van der Waals surface area contributed by atoms with Crippen LogP contribution in [-0.4, -0.2) is 17.6 Å². The second kappa shape index (κ2) is 4.41. The Hall–Kier alpha value is -0.410. The van der Waals surface area contributed by atoms with E-state index in [2.05, 4.69) is 29.5 Å². The van der Waals surface area contributed by atoms with Crippen molar-refractivity contribution < 1.29 is 0 Å². The standard InChI is InChI=1S/C11H18N2S/c1-8(6-12-10-4-3-5-10)11-13-9(2)7-14-11/h7-8,10,12H,3-6H2,1-2H3. The molecule has 14 heavy (non-hydrogen) atoms. The van der Waals surface area contributed by atoms with Crippen LogP contribution in [0.5, 0.6) is 0 Å². The van der Waals surface area contributed by atoms with Crippen LogP contribution >= 0.6 is 11.3 Å². The summed E-state index contributed by atoms with van der Waals surface area (Å²) in [6, 6.07) is 0.790. The lowest BCUT2D eigenvalue weighted by atomic mass is 9.93. The molecule has 2 rings (SSSR count). The molecule has 1 aromatic rings. The molecule has 1 N–H and O–H groups in total. The van der Waals surface area contributed by atoms with Crippen molar-refractivity contribution in [2.45, 2.75) is 45.1 Å². The van der Waals surface area contributed by atoms with Crippen LogP contribution in [0.25, 0.3) is 0 Å². The molecule has 3 heteroatoms. The predicted molar refractivity (Wildman–Crippen MR) is 60.9 cm³/mol. The summed E-state index contributed by atoms with van der Waals surface area (Å²) in [7, 11) is 0. The maximum absolute atomic E-state index is 4.51. The molecular formula is C11H18N2S. The van der Waals surface area contributed by atoms with Gasteiger partial charge in [0, 0.05) is 29.6 Å². The van der Waals surface area contributed by atoms with Crippen molar-refractivity contribution in [1.29, 1.82) is 0 Å². The van der Waals surface area contributed by atoms with Gasteiger partial charge in [0.2, 0.25) is 0 Å². The Balaban J connectivity index is 1.79. The van der Waals surface area contributed by atoms with Crippen molar-refractivity contribution in [3.8, 4) is 0 Å². The zero-order chi connectivity index (χ0) is 9.97. The molecule has 1 heterocycles. The van der Waals surface area contributed by atoms with Crippen molar-refractivity contribution >= 4 is 11.3 Å². The monoisotopic (exact) mass is 210 g/mol. The summed E-state index contributed by atoms with van der Waals surface area (Å²) in [5.74, 6) is 0.564. The number of hydrogen-bond donors (Lipinski definition) is 1. The number of nitrogens with zero attached hydrogens (tertiary/aromatic N) is 1. The molecular weight excluding hydrogens is 192 g/mol. The Morgan fingerprint density at radius 2 is 2.43 bits per heavy atom. The largest absolute Gasteiger partial charge is 0.313 e. The van der Waals surface area contributed by atoms with Gasteiger partial charge in [0.05, 0.1) is 5.01 Å². The van der Waals surface area contributed by atoms with E-state index >= 15 is 0 Å². The van der Waals surface area contributed by atoms with E-state index in [0.29, 0.717) is 5.92 Å². The number of hydrogen-bond acceptors (Lipinski definition) is 3. The number of aromatic nitrogens is 1. The molecule has 1 aliphatic rings. The third-order valence-electron chi connectivity index (χ3n) is 2.88. The maximum atomic E-state index is 4.51. The van der Waals surface area contributed by atoms with E-state index in [1.807, 2.05) is 0 Å². The second-order valence-corrected chi connectivity index (χ2v) is 5.15. The minimum absolute atomic E-state index is 0.564. The molecule has 0 bridgehead atoms. The van der Waals surface area contributed by atoms with Gasteiger partial charge in [-0.2, -0.15) is 0 Å². The van der Waals surface area contributed by atoms with E-state index in [1.54, 1.807) is 11.3 Å². The van der Waals surface area contributed by atoms with Crippen LogP contribution in [0.4, 0.5) is 0 Å². The van der Waals surface area contributed by atoms with Crippen LogP contribution in [0, 0.1) is 6.92 Å². The highest BCUT2D eigenvalue weighted by molar-refractivity contribution is 7.09. The lowest BCUT2D eigenvalue weighted by Gasteiger charge is -2.27. The van der Waals surface area contributed by atoms with Crippen LogP contribution in [0.2, 0.25) is 0 Å². The third-order valence-corrected chi connectivity index (χ3v) is 4.07. The third kappa shape index (κ3) is 2.34. The second-order valence-electron chi connectivity index (χ2n) is 4.26. The SMILES string of the molecule is Cc1csc(C(C)CNC2CCC2)n1. The topological polar surface area (TPSA) is 24.9 Å². The summed E-state index contributed by atoms with van der Waals surface area (Å²) in [5.41, 5.74) is 1.15. The van der Waals surface area contributed by atoms with Crippen molar-refractivity contribution in [3.05, 3.63) is 16.1 Å². The summed E-state index contributed by atoms with van der Waals surface area (Å²) in [6.07, 6.45) is 4.13. The molecule has 0 aliphatic heterocycles. The van der Waals surface area contributed by atoms with Crippen LogP contribution < -0.4 is 5.32 Å². The van der Waals surface area contributed by atoms with Gasteiger partial charge in [0.15, 0.2) is 0 Å². The van der Waals surface area contributed by atoms with Gasteiger partial charge >= 0.3 is 0 Å². The van der Waals surface area contributed by atoms with Gasteiger partial charge in [-0.05, 0) is 19.8 Å². The van der Waals surface area contributed by atoms with Crippen molar-refractivity contribution in [3.63, 3.8) is 0 Å². The normalized spacial score (nSPS) is 19.3. The first-order valence-electron chi connectivity index (χ1n) is 5.41. The molecule has 0 saturated heterocycles. The van der Waals surface area contributed by atoms with E-state index in [-0.39, 0.29) is 0 Å². The molecule has 0 radical (unpaired) electrons. The summed E-state index contributed by atoms with van der Waals surface area (Å²) >= 11 is 1.78. The zero-order valence-corrected chi connectivity index (χ0v) is 9.73. The van der Waals surface area contributed by atoms with Crippen LogP contribution in [0.3, 0.4) is 0 Å². The molecule has 0 aromatic carbocycles. The van der Waals surface area contributed by atoms with E-state index in [1.165, 1.54) is 24.3 Å². The van der Waals surface area contributed by atoms with Gasteiger partial charge in [-0.15, -0.1) is 11.3 Å². The first-order valence-corrected chi connectivity index (χ1v) is 6.29. The zero-order valence-electron chi connectivity index (χ0n) is 8.92. The number of nitrogens with one attached hydrogen (secondary N) is 1. The minimum atomic E-state index is 0.564. The molecule has 0 spiro atoms. The van der Waals surface area contributed by atoms with Gasteiger partial charge in [-0.3, -0.25) is 0 Å². The first kappa shape index (κ1) is 10.1. The van der Waals surface area contributed by atoms with Crippen molar-refractivity contribution in [2.75, 3.05) is 6.54 Å². The lowest BCUT2D eigenvalue weighted by Crippen LogP contribution is -2.37. The highest BCUT2D eigenvalue weighted by atomic mass is 32.1. The lowest BCUT2D eigenvalue weighted by molar-refractivity contribution is 0.334. The summed E-state index contributed by atoms with van der Waals surface area (Å²) in [5, 5.41) is 7.00. The Kier molecular flexibility index (Phi) is 3.19. The minimum Gasteiger partial charge on any atom is -0.313 e. The summed E-state index contributed by atoms with van der Waals surface area (Å²) < 4.78 is 0. The highest BCUT2D eigenvalue weighted by Gasteiger charge is 2.18. The summed E-state index contributed by atoms with van der Waals surface area (Å²) in [4.78, 5) is 4.51. The van der Waals surface area contributed by atoms with Crippen LogP contribution in [0.15, 0.2) is 5.38 Å². The first-order chi connectivity index (χ1) is 6.75. The maximum Gasteiger partial charge on any atom is 0.0969 e. The molecule has 1 atom stereocenters. The van der Waals surface area contributed by atoms with E-state index < -0.39 is 0 Å². The number of thiazole rings is 1. The molecule has 1 aromatic heterocycles. The summed E-state index contributed by atoms with van der Waals surface area (Å²) in [6.45, 7) is 5.40. The van der Waals surface area contributed by atoms with Crippen molar-refractivity contribution in [1.82, 2.24) is 10.3 Å². The van der Waals surface area contributed by atoms with Crippen molar-refractivity contribution in [2.24, 2.45) is 0 Å². The quantitative estimate of drug-likeness (QED) is 0.826. The average molecular weight is 210 g/mol. The predicted octanol–water partition coefficient (Wildman–Crippen LogP) is 2.70. The molecule has 1 fully saturated rings. The highest BCUT2D eigenvalue weighted by Crippen LogP contribution is 2.22. The van der Waals surface area contributed by atoms with Gasteiger partial charge in [-0.1, -0.05) is 13.3 Å². The van der Waals surface area contributed by atoms with Gasteiger partial charge in [-0.25, -0.2) is 4.98 Å². The van der Waals surface area contributed by atoms with E-state index in [0.717, 1.165) is 18.3 Å². The van der Waals surface area contributed by atoms with E-state index in [4.69, 9.17) is 0 Å². The smallest absolute Gasteiger partial charge is 0.0969 e. The van der Waals surface area contributed by atoms with Gasteiger partial charge < -0.3 is 5.32 Å².